The number of hydrogen-bond donors (Lipinski definition) is 2. The number of aryl methyl sites for hydroxylation is 1. The molecule has 6 nitrogen and oxygen atoms in total. The van der Waals surface area contributed by atoms with E-state index in [1.54, 1.807) is 12.4 Å². The second-order valence-corrected chi connectivity index (χ2v) is 7.28. The van der Waals surface area contributed by atoms with Gasteiger partial charge in [-0.25, -0.2) is 4.98 Å². The van der Waals surface area contributed by atoms with Crippen molar-refractivity contribution in [2.24, 2.45) is 0 Å². The summed E-state index contributed by atoms with van der Waals surface area (Å²) in [6.45, 7) is 4.68. The smallest absolute Gasteiger partial charge is 0.170 e. The molecule has 0 saturated carbocycles. The van der Waals surface area contributed by atoms with E-state index in [-0.39, 0.29) is 18.7 Å². The monoisotopic (exact) mass is 393 g/mol. The first kappa shape index (κ1) is 18.6. The molecule has 28 heavy (non-hydrogen) atoms. The van der Waals surface area contributed by atoms with Gasteiger partial charge in [-0.2, -0.15) is 0 Å². The average molecular weight is 394 g/mol. The third-order valence-corrected chi connectivity index (χ3v) is 5.56. The lowest BCUT2D eigenvalue weighted by Crippen LogP contribution is -2.32. The van der Waals surface area contributed by atoms with Gasteiger partial charge in [0.1, 0.15) is 5.82 Å². The highest BCUT2D eigenvalue weighted by Crippen LogP contribution is 2.40. The number of thiocarbonyl (C=S) groups is 1. The molecule has 4 rings (SSSR count). The molecule has 0 bridgehead atoms. The maximum Gasteiger partial charge on any atom is 0.170 e. The number of aromatic nitrogens is 3. The van der Waals surface area contributed by atoms with Crippen LogP contribution in [0.2, 0.25) is 0 Å². The summed E-state index contributed by atoms with van der Waals surface area (Å²) in [6, 6.07) is 13.8. The van der Waals surface area contributed by atoms with Crippen molar-refractivity contribution in [3.05, 3.63) is 77.5 Å². The van der Waals surface area contributed by atoms with Gasteiger partial charge in [-0.15, -0.1) is 0 Å². The summed E-state index contributed by atoms with van der Waals surface area (Å²) in [4.78, 5) is 11.1. The van der Waals surface area contributed by atoms with E-state index >= 15 is 0 Å². The number of β-amino-alcohol motifs (C(OH)–C–C–N with tert-alkyl or cyclic N) is 1. The third kappa shape index (κ3) is 3.16. The molecule has 2 atom stereocenters. The van der Waals surface area contributed by atoms with Crippen molar-refractivity contribution in [3.63, 3.8) is 0 Å². The van der Waals surface area contributed by atoms with E-state index in [1.807, 2.05) is 36.4 Å². The summed E-state index contributed by atoms with van der Waals surface area (Å²) in [6.07, 6.45) is 3.60. The minimum absolute atomic E-state index is 0.0340. The van der Waals surface area contributed by atoms with Crippen LogP contribution in [0.1, 0.15) is 34.7 Å². The zero-order valence-corrected chi connectivity index (χ0v) is 16.7. The van der Waals surface area contributed by atoms with E-state index in [2.05, 4.69) is 44.7 Å². The van der Waals surface area contributed by atoms with Gasteiger partial charge in [-0.3, -0.25) is 4.98 Å². The first-order valence-electron chi connectivity index (χ1n) is 9.31. The van der Waals surface area contributed by atoms with Crippen LogP contribution >= 0.6 is 12.2 Å². The van der Waals surface area contributed by atoms with Gasteiger partial charge in [0.05, 0.1) is 24.4 Å². The molecule has 0 spiro atoms. The highest BCUT2D eigenvalue weighted by molar-refractivity contribution is 7.80. The van der Waals surface area contributed by atoms with Gasteiger partial charge in [0, 0.05) is 30.3 Å². The topological polar surface area (TPSA) is 66.2 Å². The molecule has 1 fully saturated rings. The van der Waals surface area contributed by atoms with Crippen LogP contribution in [-0.2, 0) is 0 Å². The summed E-state index contributed by atoms with van der Waals surface area (Å²) in [5.74, 6) is 0.889. The average Bonchev–Trinajstić information content (AvgIpc) is 3.19. The second-order valence-electron chi connectivity index (χ2n) is 6.89. The Morgan fingerprint density at radius 3 is 2.50 bits per heavy atom. The van der Waals surface area contributed by atoms with Crippen LogP contribution in [0.25, 0.3) is 5.82 Å². The standard InChI is InChI=1S/C21H23N5OS/c1-14-13-16(15(2)26(14)18-8-4-6-10-23-18)20-19(17-7-3-5-9-22-17)24-21(28)25(20)11-12-27/h3-10,13,19-20,27H,11-12H2,1-2H3,(H,24,28)/t19-,20+/m0/s1. The van der Waals surface area contributed by atoms with Gasteiger partial charge in [0.15, 0.2) is 5.11 Å². The first-order valence-corrected chi connectivity index (χ1v) is 9.72. The Morgan fingerprint density at radius 2 is 1.86 bits per heavy atom. The highest BCUT2D eigenvalue weighted by atomic mass is 32.1. The lowest BCUT2D eigenvalue weighted by Gasteiger charge is -2.27. The Morgan fingerprint density at radius 1 is 1.11 bits per heavy atom. The van der Waals surface area contributed by atoms with Crippen LogP contribution in [0.4, 0.5) is 0 Å². The molecule has 2 N–H and O–H groups in total. The predicted molar refractivity (Wildman–Crippen MR) is 112 cm³/mol. The van der Waals surface area contributed by atoms with Crippen molar-refractivity contribution in [3.8, 4) is 5.82 Å². The summed E-state index contributed by atoms with van der Waals surface area (Å²) in [5.41, 5.74) is 4.29. The fraction of sp³-hybridized carbons (Fsp3) is 0.286. The molecule has 1 aliphatic rings. The summed E-state index contributed by atoms with van der Waals surface area (Å²) < 4.78 is 2.16. The highest BCUT2D eigenvalue weighted by Gasteiger charge is 2.41. The van der Waals surface area contributed by atoms with Gasteiger partial charge in [-0.1, -0.05) is 12.1 Å². The number of pyridine rings is 2. The number of rotatable bonds is 5. The van der Waals surface area contributed by atoms with Gasteiger partial charge in [0.25, 0.3) is 0 Å². The molecule has 3 aromatic heterocycles. The molecular weight excluding hydrogens is 370 g/mol. The van der Waals surface area contributed by atoms with Crippen LogP contribution < -0.4 is 5.32 Å². The molecule has 0 aromatic carbocycles. The van der Waals surface area contributed by atoms with Crippen LogP contribution in [-0.4, -0.2) is 42.8 Å². The molecule has 3 aromatic rings. The molecule has 1 saturated heterocycles. The van der Waals surface area contributed by atoms with E-state index in [9.17, 15) is 5.11 Å². The van der Waals surface area contributed by atoms with Crippen LogP contribution in [0.15, 0.2) is 54.9 Å². The van der Waals surface area contributed by atoms with E-state index in [1.165, 1.54) is 0 Å². The first-order chi connectivity index (χ1) is 13.6. The Balaban J connectivity index is 1.83. The quantitative estimate of drug-likeness (QED) is 0.650. The lowest BCUT2D eigenvalue weighted by atomic mass is 9.97. The van der Waals surface area contributed by atoms with E-state index in [0.717, 1.165) is 28.5 Å². The minimum atomic E-state index is -0.0852. The molecule has 4 heterocycles. The largest absolute Gasteiger partial charge is 0.395 e. The van der Waals surface area contributed by atoms with Crippen LogP contribution in [0, 0.1) is 13.8 Å². The predicted octanol–water partition coefficient (Wildman–Crippen LogP) is 2.85. The fourth-order valence-electron chi connectivity index (χ4n) is 4.02. The number of nitrogens with zero attached hydrogens (tertiary/aromatic N) is 4. The second kappa shape index (κ2) is 7.69. The van der Waals surface area contributed by atoms with Crippen molar-refractivity contribution >= 4 is 17.3 Å². The van der Waals surface area contributed by atoms with Crippen LogP contribution in [0.5, 0.6) is 0 Å². The zero-order chi connectivity index (χ0) is 19.7. The van der Waals surface area contributed by atoms with E-state index in [0.29, 0.717) is 11.7 Å². The fourth-order valence-corrected chi connectivity index (χ4v) is 4.35. The normalized spacial score (nSPS) is 19.1. The molecule has 0 unspecified atom stereocenters. The Kier molecular flexibility index (Phi) is 5.11. The Labute approximate surface area is 169 Å². The Hall–Kier alpha value is -2.77. The molecule has 0 radical (unpaired) electrons. The van der Waals surface area contributed by atoms with Gasteiger partial charge in [-0.05, 0) is 62.0 Å². The maximum atomic E-state index is 9.61. The molecule has 7 heteroatoms. The number of aliphatic hydroxyl groups excluding tert-OH is 1. The molecule has 1 aliphatic heterocycles. The number of hydrogen-bond acceptors (Lipinski definition) is 4. The van der Waals surface area contributed by atoms with Gasteiger partial charge >= 0.3 is 0 Å². The summed E-state index contributed by atoms with van der Waals surface area (Å²) in [5, 5.41) is 13.7. The van der Waals surface area contributed by atoms with Crippen LogP contribution in [0.3, 0.4) is 0 Å². The van der Waals surface area contributed by atoms with Crippen molar-refractivity contribution in [1.29, 1.82) is 0 Å². The minimum Gasteiger partial charge on any atom is -0.395 e. The van der Waals surface area contributed by atoms with E-state index in [4.69, 9.17) is 12.2 Å². The van der Waals surface area contributed by atoms with Gasteiger partial charge < -0.3 is 19.9 Å². The van der Waals surface area contributed by atoms with E-state index < -0.39 is 0 Å². The SMILES string of the molecule is Cc1cc([C@@H]2[C@H](c3ccccn3)NC(=S)N2CCO)c(C)n1-c1ccccn1. The van der Waals surface area contributed by atoms with Crippen molar-refractivity contribution in [2.45, 2.75) is 25.9 Å². The Bertz CT molecular complexity index is 973. The molecule has 0 amide bonds. The lowest BCUT2D eigenvalue weighted by molar-refractivity contribution is 0.223. The van der Waals surface area contributed by atoms with Crippen molar-refractivity contribution in [2.75, 3.05) is 13.2 Å². The summed E-state index contributed by atoms with van der Waals surface area (Å²) in [7, 11) is 0. The molecular formula is C21H23N5OS. The van der Waals surface area contributed by atoms with Gasteiger partial charge in [0.2, 0.25) is 0 Å². The zero-order valence-electron chi connectivity index (χ0n) is 15.9. The number of nitrogens with one attached hydrogen (secondary N) is 1. The van der Waals surface area contributed by atoms with Crippen molar-refractivity contribution < 1.29 is 5.11 Å². The number of aliphatic hydroxyl groups is 1. The third-order valence-electron chi connectivity index (χ3n) is 5.21. The summed E-state index contributed by atoms with van der Waals surface area (Å²) >= 11 is 5.59. The van der Waals surface area contributed by atoms with Crippen molar-refractivity contribution in [1.82, 2.24) is 24.8 Å². The molecule has 144 valence electrons. The maximum absolute atomic E-state index is 9.61. The molecule has 0 aliphatic carbocycles.